The predicted octanol–water partition coefficient (Wildman–Crippen LogP) is 3.19. The van der Waals surface area contributed by atoms with E-state index < -0.39 is 10.8 Å². The SMILES string of the molecule is Cc1ccnc(-c2ccc(NC(=O)c3ccc(N)c([N+](=O)[O-])c3)cc2)n1. The maximum Gasteiger partial charge on any atom is 0.292 e. The van der Waals surface area contributed by atoms with Gasteiger partial charge in [-0.25, -0.2) is 9.97 Å². The molecular weight excluding hydrogens is 334 g/mol. The van der Waals surface area contributed by atoms with E-state index in [1.807, 2.05) is 13.0 Å². The van der Waals surface area contributed by atoms with Crippen LogP contribution < -0.4 is 11.1 Å². The standard InChI is InChI=1S/C18H15N5O3/c1-11-8-9-20-17(21-11)12-2-5-14(6-3-12)22-18(24)13-4-7-15(19)16(10-13)23(25)26/h2-10H,19H2,1H3,(H,22,24). The first kappa shape index (κ1) is 17.0. The largest absolute Gasteiger partial charge is 0.393 e. The zero-order valence-electron chi connectivity index (χ0n) is 13.8. The molecule has 26 heavy (non-hydrogen) atoms. The van der Waals surface area contributed by atoms with Crippen LogP contribution in [0.5, 0.6) is 0 Å². The van der Waals surface area contributed by atoms with E-state index in [9.17, 15) is 14.9 Å². The molecule has 3 aromatic rings. The van der Waals surface area contributed by atoms with Crippen LogP contribution in [0, 0.1) is 17.0 Å². The van der Waals surface area contributed by atoms with Gasteiger partial charge in [-0.1, -0.05) is 0 Å². The Morgan fingerprint density at radius 2 is 1.88 bits per heavy atom. The number of hydrogen-bond acceptors (Lipinski definition) is 6. The van der Waals surface area contributed by atoms with E-state index in [1.54, 1.807) is 30.5 Å². The number of carbonyl (C=O) groups excluding carboxylic acids is 1. The molecule has 2 aromatic carbocycles. The summed E-state index contributed by atoms with van der Waals surface area (Å²) in [5.41, 5.74) is 7.62. The highest BCUT2D eigenvalue weighted by Crippen LogP contribution is 2.23. The molecule has 3 rings (SSSR count). The number of nitro groups is 1. The second-order valence-electron chi connectivity index (χ2n) is 5.58. The molecule has 0 saturated heterocycles. The van der Waals surface area contributed by atoms with Gasteiger partial charge >= 0.3 is 0 Å². The molecule has 1 aromatic heterocycles. The van der Waals surface area contributed by atoms with Crippen LogP contribution in [0.25, 0.3) is 11.4 Å². The Morgan fingerprint density at radius 3 is 2.54 bits per heavy atom. The number of benzene rings is 2. The number of aromatic nitrogens is 2. The molecule has 1 heterocycles. The van der Waals surface area contributed by atoms with E-state index in [4.69, 9.17) is 5.73 Å². The Balaban J connectivity index is 1.78. The number of amides is 1. The molecule has 0 atom stereocenters. The molecule has 0 saturated carbocycles. The second kappa shape index (κ2) is 6.98. The first-order chi connectivity index (χ1) is 12.4. The van der Waals surface area contributed by atoms with Crippen molar-refractivity contribution >= 4 is 23.0 Å². The Kier molecular flexibility index (Phi) is 4.57. The molecule has 0 bridgehead atoms. The topological polar surface area (TPSA) is 124 Å². The number of rotatable bonds is 4. The molecule has 0 unspecified atom stereocenters. The van der Waals surface area contributed by atoms with Crippen LogP contribution in [0.1, 0.15) is 16.1 Å². The first-order valence-electron chi connectivity index (χ1n) is 7.69. The minimum atomic E-state index is -0.622. The Morgan fingerprint density at radius 1 is 1.15 bits per heavy atom. The number of carbonyl (C=O) groups is 1. The molecule has 3 N–H and O–H groups in total. The molecular formula is C18H15N5O3. The van der Waals surface area contributed by atoms with Gasteiger partial charge in [-0.3, -0.25) is 14.9 Å². The highest BCUT2D eigenvalue weighted by Gasteiger charge is 2.15. The second-order valence-corrected chi connectivity index (χ2v) is 5.58. The zero-order valence-corrected chi connectivity index (χ0v) is 13.8. The number of nitro benzene ring substituents is 1. The van der Waals surface area contributed by atoms with Crippen molar-refractivity contribution in [1.29, 1.82) is 0 Å². The maximum absolute atomic E-state index is 12.3. The van der Waals surface area contributed by atoms with E-state index in [0.717, 1.165) is 17.3 Å². The Bertz CT molecular complexity index is 986. The van der Waals surface area contributed by atoms with Crippen LogP contribution >= 0.6 is 0 Å². The molecule has 8 heteroatoms. The number of nitrogens with one attached hydrogen (secondary N) is 1. The summed E-state index contributed by atoms with van der Waals surface area (Å²) in [5, 5.41) is 13.6. The van der Waals surface area contributed by atoms with Crippen LogP contribution in [0.4, 0.5) is 17.1 Å². The van der Waals surface area contributed by atoms with Gasteiger partial charge in [0.25, 0.3) is 11.6 Å². The normalized spacial score (nSPS) is 10.3. The quantitative estimate of drug-likeness (QED) is 0.423. The van der Waals surface area contributed by atoms with Gasteiger partial charge in [0.15, 0.2) is 5.82 Å². The third kappa shape index (κ3) is 3.64. The molecule has 8 nitrogen and oxygen atoms in total. The summed E-state index contributed by atoms with van der Waals surface area (Å²) in [6.07, 6.45) is 1.68. The highest BCUT2D eigenvalue weighted by atomic mass is 16.6. The third-order valence-electron chi connectivity index (χ3n) is 3.69. The number of hydrogen-bond donors (Lipinski definition) is 2. The maximum atomic E-state index is 12.3. The van der Waals surface area contributed by atoms with Gasteiger partial charge in [-0.2, -0.15) is 0 Å². The fraction of sp³-hybridized carbons (Fsp3) is 0.0556. The van der Waals surface area contributed by atoms with Crippen LogP contribution in [0.15, 0.2) is 54.7 Å². The van der Waals surface area contributed by atoms with E-state index in [2.05, 4.69) is 15.3 Å². The molecule has 0 spiro atoms. The zero-order chi connectivity index (χ0) is 18.7. The molecule has 0 radical (unpaired) electrons. The molecule has 0 aliphatic rings. The minimum absolute atomic E-state index is 0.00839. The van der Waals surface area contributed by atoms with Crippen molar-refractivity contribution in [3.63, 3.8) is 0 Å². The van der Waals surface area contributed by atoms with Crippen LogP contribution in [0.3, 0.4) is 0 Å². The monoisotopic (exact) mass is 349 g/mol. The number of anilines is 2. The van der Waals surface area contributed by atoms with Crippen LogP contribution in [0.2, 0.25) is 0 Å². The Labute approximate surface area is 148 Å². The lowest BCUT2D eigenvalue weighted by atomic mass is 10.1. The lowest BCUT2D eigenvalue weighted by Crippen LogP contribution is -2.12. The average Bonchev–Trinajstić information content (AvgIpc) is 2.62. The summed E-state index contributed by atoms with van der Waals surface area (Å²) >= 11 is 0. The van der Waals surface area contributed by atoms with Gasteiger partial charge in [-0.15, -0.1) is 0 Å². The fourth-order valence-corrected chi connectivity index (χ4v) is 2.34. The number of nitrogens with zero attached hydrogens (tertiary/aromatic N) is 3. The lowest BCUT2D eigenvalue weighted by Gasteiger charge is -2.07. The summed E-state index contributed by atoms with van der Waals surface area (Å²) in [7, 11) is 0. The third-order valence-corrected chi connectivity index (χ3v) is 3.69. The summed E-state index contributed by atoms with van der Waals surface area (Å²) in [6.45, 7) is 1.88. The smallest absolute Gasteiger partial charge is 0.292 e. The van der Waals surface area contributed by atoms with Gasteiger partial charge in [0, 0.05) is 34.8 Å². The predicted molar refractivity (Wildman–Crippen MR) is 97.7 cm³/mol. The molecule has 0 fully saturated rings. The molecule has 130 valence electrons. The van der Waals surface area contributed by atoms with Crippen molar-refractivity contribution in [2.75, 3.05) is 11.1 Å². The average molecular weight is 349 g/mol. The number of nitrogen functional groups attached to an aromatic ring is 1. The summed E-state index contributed by atoms with van der Waals surface area (Å²) in [5.74, 6) is 0.129. The van der Waals surface area contributed by atoms with Crippen molar-refractivity contribution in [2.24, 2.45) is 0 Å². The molecule has 0 aliphatic carbocycles. The van der Waals surface area contributed by atoms with Crippen LogP contribution in [-0.4, -0.2) is 20.8 Å². The van der Waals surface area contributed by atoms with Crippen LogP contribution in [-0.2, 0) is 0 Å². The van der Waals surface area contributed by atoms with Crippen molar-refractivity contribution in [3.05, 3.63) is 76.1 Å². The molecule has 0 aliphatic heterocycles. The highest BCUT2D eigenvalue weighted by molar-refractivity contribution is 6.05. The summed E-state index contributed by atoms with van der Waals surface area (Å²) < 4.78 is 0. The van der Waals surface area contributed by atoms with Gasteiger partial charge in [0.1, 0.15) is 5.69 Å². The van der Waals surface area contributed by atoms with Gasteiger partial charge in [0.05, 0.1) is 4.92 Å². The van der Waals surface area contributed by atoms with E-state index in [0.29, 0.717) is 11.5 Å². The Hall–Kier alpha value is -3.81. The van der Waals surface area contributed by atoms with Crippen molar-refractivity contribution in [2.45, 2.75) is 6.92 Å². The van der Waals surface area contributed by atoms with E-state index >= 15 is 0 Å². The first-order valence-corrected chi connectivity index (χ1v) is 7.69. The van der Waals surface area contributed by atoms with Crippen molar-refractivity contribution in [1.82, 2.24) is 9.97 Å². The van der Waals surface area contributed by atoms with E-state index in [1.165, 1.54) is 12.1 Å². The van der Waals surface area contributed by atoms with Crippen molar-refractivity contribution in [3.8, 4) is 11.4 Å². The number of aryl methyl sites for hydroxylation is 1. The fourth-order valence-electron chi connectivity index (χ4n) is 2.34. The van der Waals surface area contributed by atoms with Gasteiger partial charge < -0.3 is 11.1 Å². The molecule has 1 amide bonds. The van der Waals surface area contributed by atoms with Gasteiger partial charge in [-0.05, 0) is 49.4 Å². The lowest BCUT2D eigenvalue weighted by molar-refractivity contribution is -0.383. The minimum Gasteiger partial charge on any atom is -0.393 e. The number of nitrogens with two attached hydrogens (primary N) is 1. The van der Waals surface area contributed by atoms with Crippen molar-refractivity contribution < 1.29 is 9.72 Å². The summed E-state index contributed by atoms with van der Waals surface area (Å²) in [4.78, 5) is 31.2. The van der Waals surface area contributed by atoms with Gasteiger partial charge in [0.2, 0.25) is 0 Å². The summed E-state index contributed by atoms with van der Waals surface area (Å²) in [6, 6.07) is 12.7. The van der Waals surface area contributed by atoms with E-state index in [-0.39, 0.29) is 16.9 Å².